The quantitative estimate of drug-likeness (QED) is 0.466. The summed E-state index contributed by atoms with van der Waals surface area (Å²) in [5.74, 6) is -1.13. The van der Waals surface area contributed by atoms with Crippen LogP contribution in [0.3, 0.4) is 0 Å². The number of nitrogens with one attached hydrogen (secondary N) is 1. The number of hydrogen-bond donors (Lipinski definition) is 5. The Morgan fingerprint density at radius 1 is 1.28 bits per heavy atom. The molecular weight excluding hydrogens is 261 g/mol. The predicted molar refractivity (Wildman–Crippen MR) is 63.3 cm³/mol. The Morgan fingerprint density at radius 2 is 1.83 bits per heavy atom. The smallest absolute Gasteiger partial charge is 0.339 e. The topological polar surface area (TPSA) is 127 Å². The fraction of sp³-hybridized carbons (Fsp3) is 0.300. The van der Waals surface area contributed by atoms with E-state index in [-0.39, 0.29) is 12.2 Å². The van der Waals surface area contributed by atoms with Crippen molar-refractivity contribution in [2.24, 2.45) is 0 Å². The Labute approximate surface area is 103 Å². The van der Waals surface area contributed by atoms with Crippen molar-refractivity contribution in [2.75, 3.05) is 6.29 Å². The summed E-state index contributed by atoms with van der Waals surface area (Å²) in [5.41, 5.74) is 0.637. The van der Waals surface area contributed by atoms with Crippen LogP contribution in [0.5, 0.6) is 5.75 Å². The molecular formula is C10H14NO6P. The van der Waals surface area contributed by atoms with Crippen LogP contribution in [0.1, 0.15) is 5.56 Å². The summed E-state index contributed by atoms with van der Waals surface area (Å²) in [6.45, 7) is 0. The minimum atomic E-state index is -4.29. The Hall–Kier alpha value is -1.40. The number of benzene rings is 1. The fourth-order valence-corrected chi connectivity index (χ4v) is 1.80. The molecule has 0 saturated heterocycles. The first-order valence-corrected chi connectivity index (χ1v) is 6.86. The van der Waals surface area contributed by atoms with E-state index in [2.05, 4.69) is 5.32 Å². The van der Waals surface area contributed by atoms with E-state index in [0.717, 1.165) is 0 Å². The minimum Gasteiger partial charge on any atom is -0.508 e. The zero-order valence-electron chi connectivity index (χ0n) is 9.35. The van der Waals surface area contributed by atoms with Gasteiger partial charge in [0.1, 0.15) is 11.8 Å². The van der Waals surface area contributed by atoms with Crippen molar-refractivity contribution in [1.29, 1.82) is 0 Å². The highest BCUT2D eigenvalue weighted by molar-refractivity contribution is 7.51. The zero-order chi connectivity index (χ0) is 13.8. The van der Waals surface area contributed by atoms with Crippen molar-refractivity contribution >= 4 is 13.6 Å². The molecule has 0 spiro atoms. The Balaban J connectivity index is 2.66. The van der Waals surface area contributed by atoms with Gasteiger partial charge >= 0.3 is 13.6 Å². The molecule has 1 atom stereocenters. The van der Waals surface area contributed by atoms with Gasteiger partial charge in [0.25, 0.3) is 0 Å². The lowest BCUT2D eigenvalue weighted by Crippen LogP contribution is -2.38. The van der Waals surface area contributed by atoms with E-state index in [1.54, 1.807) is 12.1 Å². The number of phenols is 1. The molecule has 0 aliphatic rings. The summed E-state index contributed by atoms with van der Waals surface area (Å²) in [4.78, 5) is 28.3. The van der Waals surface area contributed by atoms with E-state index in [1.807, 2.05) is 0 Å². The van der Waals surface area contributed by atoms with Crippen molar-refractivity contribution in [3.05, 3.63) is 29.8 Å². The number of hydrogen-bond acceptors (Lipinski definition) is 4. The normalized spacial score (nSPS) is 13.2. The molecule has 0 radical (unpaired) electrons. The van der Waals surface area contributed by atoms with Crippen LogP contribution in [0.4, 0.5) is 0 Å². The average molecular weight is 275 g/mol. The summed E-state index contributed by atoms with van der Waals surface area (Å²) in [6, 6.07) is 4.82. The van der Waals surface area contributed by atoms with Crippen LogP contribution in [0.15, 0.2) is 24.3 Å². The van der Waals surface area contributed by atoms with Crippen LogP contribution in [-0.4, -0.2) is 38.3 Å². The number of rotatable bonds is 6. The third-order valence-corrected chi connectivity index (χ3v) is 2.81. The van der Waals surface area contributed by atoms with Gasteiger partial charge in [-0.1, -0.05) is 12.1 Å². The molecule has 0 aromatic heterocycles. The second-order valence-corrected chi connectivity index (χ2v) is 5.43. The fourth-order valence-electron chi connectivity index (χ4n) is 1.34. The average Bonchev–Trinajstić information content (AvgIpc) is 2.25. The minimum absolute atomic E-state index is 0.0637. The first-order valence-electron chi connectivity index (χ1n) is 5.06. The van der Waals surface area contributed by atoms with Crippen molar-refractivity contribution in [1.82, 2.24) is 5.32 Å². The van der Waals surface area contributed by atoms with E-state index in [1.165, 1.54) is 12.1 Å². The van der Waals surface area contributed by atoms with Crippen LogP contribution in [0.2, 0.25) is 0 Å². The van der Waals surface area contributed by atoms with E-state index in [9.17, 15) is 9.36 Å². The molecule has 0 aliphatic heterocycles. The molecule has 0 heterocycles. The maximum Gasteiger partial charge on any atom is 0.339 e. The molecule has 8 heteroatoms. The molecule has 0 fully saturated rings. The molecule has 5 N–H and O–H groups in total. The van der Waals surface area contributed by atoms with Crippen LogP contribution in [-0.2, 0) is 15.8 Å². The number of aromatic hydroxyl groups is 1. The summed E-state index contributed by atoms with van der Waals surface area (Å²) in [7, 11) is -4.29. The monoisotopic (exact) mass is 275 g/mol. The number of carboxylic acids is 1. The third kappa shape index (κ3) is 5.29. The van der Waals surface area contributed by atoms with Gasteiger partial charge in [0.05, 0.1) is 6.29 Å². The Kier molecular flexibility index (Phi) is 4.86. The zero-order valence-corrected chi connectivity index (χ0v) is 10.2. The molecule has 0 amide bonds. The standard InChI is InChI=1S/C10H14NO6P/c12-8-3-1-7(2-4-8)5-9(10(13)14)11-6-18(15,16)17/h1-4,9,11-12H,5-6H2,(H,13,14)(H2,15,16,17). The molecule has 1 aromatic rings. The molecule has 7 nitrogen and oxygen atoms in total. The predicted octanol–water partition coefficient (Wildman–Crippen LogP) is 0.113. The van der Waals surface area contributed by atoms with E-state index >= 15 is 0 Å². The summed E-state index contributed by atoms with van der Waals surface area (Å²) < 4.78 is 10.7. The third-order valence-electron chi connectivity index (χ3n) is 2.22. The van der Waals surface area contributed by atoms with Gasteiger partial charge in [-0.3, -0.25) is 14.7 Å². The molecule has 1 aromatic carbocycles. The maximum absolute atomic E-state index is 10.9. The molecule has 0 saturated carbocycles. The van der Waals surface area contributed by atoms with Crippen molar-refractivity contribution in [3.63, 3.8) is 0 Å². The summed E-state index contributed by atoms with van der Waals surface area (Å²) in [5, 5.41) is 20.3. The van der Waals surface area contributed by atoms with Gasteiger partial charge in [0, 0.05) is 0 Å². The second kappa shape index (κ2) is 5.97. The van der Waals surface area contributed by atoms with Gasteiger partial charge in [0.15, 0.2) is 0 Å². The summed E-state index contributed by atoms with van der Waals surface area (Å²) in [6.07, 6.45) is -0.627. The van der Waals surface area contributed by atoms with Crippen LogP contribution < -0.4 is 5.32 Å². The molecule has 100 valence electrons. The van der Waals surface area contributed by atoms with Crippen molar-refractivity contribution < 1.29 is 29.4 Å². The molecule has 0 aliphatic carbocycles. The van der Waals surface area contributed by atoms with Gasteiger partial charge in [-0.2, -0.15) is 0 Å². The number of carboxylic acid groups (broad SMARTS) is 1. The Bertz CT molecular complexity index is 454. The molecule has 1 unspecified atom stereocenters. The Morgan fingerprint density at radius 3 is 2.28 bits per heavy atom. The van der Waals surface area contributed by atoms with Crippen LogP contribution in [0.25, 0.3) is 0 Å². The highest BCUT2D eigenvalue weighted by Crippen LogP contribution is 2.32. The van der Waals surface area contributed by atoms with Gasteiger partial charge in [0.2, 0.25) is 0 Å². The van der Waals surface area contributed by atoms with Crippen molar-refractivity contribution in [3.8, 4) is 5.75 Å². The molecule has 0 bridgehead atoms. The number of carbonyl (C=O) groups is 1. The maximum atomic E-state index is 10.9. The highest BCUT2D eigenvalue weighted by atomic mass is 31.2. The lowest BCUT2D eigenvalue weighted by atomic mass is 10.1. The van der Waals surface area contributed by atoms with Crippen LogP contribution >= 0.6 is 7.60 Å². The lowest BCUT2D eigenvalue weighted by Gasteiger charge is -2.15. The van der Waals surface area contributed by atoms with Gasteiger partial charge in [-0.05, 0) is 24.1 Å². The largest absolute Gasteiger partial charge is 0.508 e. The SMILES string of the molecule is O=C(O)C(Cc1ccc(O)cc1)NCP(=O)(O)O. The molecule has 1 rings (SSSR count). The second-order valence-electron chi connectivity index (χ2n) is 3.79. The van der Waals surface area contributed by atoms with Crippen molar-refractivity contribution in [2.45, 2.75) is 12.5 Å². The number of phenolic OH excluding ortho intramolecular Hbond substituents is 1. The first-order chi connectivity index (χ1) is 8.28. The first kappa shape index (κ1) is 14.7. The summed E-state index contributed by atoms with van der Waals surface area (Å²) >= 11 is 0. The van der Waals surface area contributed by atoms with Gasteiger partial charge < -0.3 is 20.0 Å². The van der Waals surface area contributed by atoms with E-state index < -0.39 is 25.9 Å². The lowest BCUT2D eigenvalue weighted by molar-refractivity contribution is -0.139. The van der Waals surface area contributed by atoms with Crippen LogP contribution in [0, 0.1) is 0 Å². The molecule has 18 heavy (non-hydrogen) atoms. The van der Waals surface area contributed by atoms with E-state index in [4.69, 9.17) is 20.0 Å². The number of aliphatic carboxylic acids is 1. The van der Waals surface area contributed by atoms with Gasteiger partial charge in [-0.25, -0.2) is 0 Å². The highest BCUT2D eigenvalue weighted by Gasteiger charge is 2.21. The van der Waals surface area contributed by atoms with Gasteiger partial charge in [-0.15, -0.1) is 0 Å². The van der Waals surface area contributed by atoms with E-state index in [0.29, 0.717) is 5.56 Å².